The van der Waals surface area contributed by atoms with Gasteiger partial charge in [0.25, 0.3) is 0 Å². The second-order valence-electron chi connectivity index (χ2n) is 9.14. The minimum atomic E-state index is -1.11. The molecule has 4 aromatic rings. The molecule has 0 aliphatic rings. The molecule has 4 rings (SSSR count). The van der Waals surface area contributed by atoms with Crippen LogP contribution in [0.2, 0.25) is 0 Å². The van der Waals surface area contributed by atoms with Crippen LogP contribution in [0.5, 0.6) is 0 Å². The summed E-state index contributed by atoms with van der Waals surface area (Å²) in [4.78, 5) is 40.5. The van der Waals surface area contributed by atoms with Gasteiger partial charge in [-0.25, -0.2) is 9.59 Å². The maximum absolute atomic E-state index is 13.9. The van der Waals surface area contributed by atoms with E-state index in [2.05, 4.69) is 25.7 Å². The lowest BCUT2D eigenvalue weighted by molar-refractivity contribution is 0.103. The Balaban J connectivity index is 1.75. The molecule has 0 saturated carbocycles. The number of aromatic nitrogens is 1. The average molecular weight is 491 g/mol. The Labute approximate surface area is 210 Å². The maximum atomic E-state index is 13.9. The summed E-state index contributed by atoms with van der Waals surface area (Å²) < 4.78 is 12.7. The molecule has 1 aromatic carbocycles. The zero-order valence-electron chi connectivity index (χ0n) is 21.3. The van der Waals surface area contributed by atoms with Crippen LogP contribution < -0.4 is 11.3 Å². The molecule has 0 amide bonds. The van der Waals surface area contributed by atoms with Gasteiger partial charge in [-0.2, -0.15) is 0 Å². The predicted molar refractivity (Wildman–Crippen MR) is 141 cm³/mol. The zero-order chi connectivity index (χ0) is 25.7. The Kier molecular flexibility index (Phi) is 8.21. The van der Waals surface area contributed by atoms with Crippen molar-refractivity contribution in [3.63, 3.8) is 0 Å². The molecule has 0 atom stereocenters. The first-order valence-corrected chi connectivity index (χ1v) is 12.9. The summed E-state index contributed by atoms with van der Waals surface area (Å²) in [6, 6.07) is 11.3. The van der Waals surface area contributed by atoms with Crippen LogP contribution in [0.25, 0.3) is 16.7 Å². The molecular weight excluding hydrogens is 456 g/mol. The van der Waals surface area contributed by atoms with Gasteiger partial charge in [0.1, 0.15) is 0 Å². The van der Waals surface area contributed by atoms with Crippen LogP contribution >= 0.6 is 0 Å². The number of fused-ring (bicyclic) bond motifs is 2. The molecular formula is C29H34N2O5. The quantitative estimate of drug-likeness (QED) is 0.153. The van der Waals surface area contributed by atoms with E-state index in [0.717, 1.165) is 68.4 Å². The lowest BCUT2D eigenvalue weighted by Crippen LogP contribution is -2.24. The number of carbonyl (C=O) groups is 1. The van der Waals surface area contributed by atoms with E-state index in [9.17, 15) is 14.4 Å². The number of carbonyl (C=O) groups excluding carboxylic acids is 1. The van der Waals surface area contributed by atoms with E-state index < -0.39 is 11.3 Å². The van der Waals surface area contributed by atoms with Crippen LogP contribution in [0.15, 0.2) is 61.0 Å². The van der Waals surface area contributed by atoms with Gasteiger partial charge >= 0.3 is 11.3 Å². The van der Waals surface area contributed by atoms with Gasteiger partial charge in [0.2, 0.25) is 5.78 Å². The maximum Gasteiger partial charge on any atom is 0.423 e. The fourth-order valence-electron chi connectivity index (χ4n) is 4.77. The number of unbranched alkanes of at least 4 members (excludes halogenated alkanes) is 2. The predicted octanol–water partition coefficient (Wildman–Crippen LogP) is 5.24. The third-order valence-electron chi connectivity index (χ3n) is 6.83. The molecule has 7 nitrogen and oxygen atoms in total. The summed E-state index contributed by atoms with van der Waals surface area (Å²) in [6.45, 7) is 9.40. The first-order valence-electron chi connectivity index (χ1n) is 12.9. The Morgan fingerprint density at radius 3 is 2.31 bits per heavy atom. The van der Waals surface area contributed by atoms with E-state index in [1.54, 1.807) is 6.07 Å². The Hall–Kier alpha value is -3.45. The summed E-state index contributed by atoms with van der Waals surface area (Å²) in [6.07, 6.45) is 7.11. The number of benzene rings is 1. The lowest BCUT2D eigenvalue weighted by Gasteiger charge is -2.17. The normalized spacial score (nSPS) is 11.7. The Morgan fingerprint density at radius 2 is 1.58 bits per heavy atom. The van der Waals surface area contributed by atoms with Gasteiger partial charge in [0.15, 0.2) is 11.2 Å². The van der Waals surface area contributed by atoms with Crippen molar-refractivity contribution in [3.8, 4) is 0 Å². The number of rotatable bonds is 12. The molecule has 0 radical (unpaired) electrons. The highest BCUT2D eigenvalue weighted by Crippen LogP contribution is 2.28. The molecule has 3 heterocycles. The molecule has 0 aliphatic heterocycles. The van der Waals surface area contributed by atoms with Crippen molar-refractivity contribution in [2.45, 2.75) is 59.3 Å². The van der Waals surface area contributed by atoms with Crippen molar-refractivity contribution in [3.05, 3.63) is 85.8 Å². The molecule has 36 heavy (non-hydrogen) atoms. The number of hydrogen-bond donors (Lipinski definition) is 0. The first kappa shape index (κ1) is 25.6. The van der Waals surface area contributed by atoms with Gasteiger partial charge < -0.3 is 18.1 Å². The van der Waals surface area contributed by atoms with Crippen molar-refractivity contribution in [2.75, 3.05) is 19.6 Å². The molecule has 0 bridgehead atoms. The highest BCUT2D eigenvalue weighted by molar-refractivity contribution is 6.15. The summed E-state index contributed by atoms with van der Waals surface area (Å²) in [7, 11) is 0. The average Bonchev–Trinajstić information content (AvgIpc) is 3.26. The topological polar surface area (TPSA) is 85.1 Å². The highest BCUT2D eigenvalue weighted by Gasteiger charge is 2.24. The standard InChI is InChI=1S/C29H34N2O5/c1-4-7-12-21-19-22-14-9-11-18-31(22)24(21)25(32)23-16-15-20(13-8-10-17-30(5-2)6-3)26-27(23)36-29(34)28(33)35-26/h9,11,14-16,18-19H,4-8,10,12-13,17H2,1-3H3. The number of aryl methyl sites for hydroxylation is 2. The molecule has 0 aliphatic carbocycles. The molecule has 0 N–H and O–H groups in total. The van der Waals surface area contributed by atoms with Crippen molar-refractivity contribution >= 4 is 22.5 Å². The smallest absolute Gasteiger partial charge is 0.414 e. The van der Waals surface area contributed by atoms with Gasteiger partial charge in [0, 0.05) is 11.7 Å². The molecule has 3 aromatic heterocycles. The van der Waals surface area contributed by atoms with E-state index in [0.29, 0.717) is 12.1 Å². The van der Waals surface area contributed by atoms with Gasteiger partial charge in [-0.05, 0) is 87.1 Å². The molecule has 0 spiro atoms. The number of nitrogens with zero attached hydrogens (tertiary/aromatic N) is 2. The summed E-state index contributed by atoms with van der Waals surface area (Å²) in [5, 5.41) is 0. The number of pyridine rings is 1. The van der Waals surface area contributed by atoms with E-state index in [1.807, 2.05) is 40.9 Å². The zero-order valence-corrected chi connectivity index (χ0v) is 21.3. The van der Waals surface area contributed by atoms with Gasteiger partial charge in [-0.15, -0.1) is 0 Å². The van der Waals surface area contributed by atoms with Gasteiger partial charge in [0.05, 0.1) is 11.3 Å². The second-order valence-corrected chi connectivity index (χ2v) is 9.14. The minimum absolute atomic E-state index is 0.0400. The van der Waals surface area contributed by atoms with Gasteiger partial charge in [-0.3, -0.25) is 4.79 Å². The lowest BCUT2D eigenvalue weighted by atomic mass is 9.98. The Bertz CT molecular complexity index is 1470. The summed E-state index contributed by atoms with van der Waals surface area (Å²) >= 11 is 0. The minimum Gasteiger partial charge on any atom is -0.414 e. The first-order chi connectivity index (χ1) is 17.5. The van der Waals surface area contributed by atoms with Crippen LogP contribution in [0, 0.1) is 0 Å². The fraction of sp³-hybridized carbons (Fsp3) is 0.414. The monoisotopic (exact) mass is 490 g/mol. The largest absolute Gasteiger partial charge is 0.423 e. The fourth-order valence-corrected chi connectivity index (χ4v) is 4.77. The Morgan fingerprint density at radius 1 is 0.861 bits per heavy atom. The second kappa shape index (κ2) is 11.5. The molecule has 190 valence electrons. The van der Waals surface area contributed by atoms with Crippen molar-refractivity contribution in [2.24, 2.45) is 0 Å². The van der Waals surface area contributed by atoms with E-state index in [1.165, 1.54) is 0 Å². The van der Waals surface area contributed by atoms with Crippen LogP contribution in [-0.2, 0) is 12.8 Å². The highest BCUT2D eigenvalue weighted by atomic mass is 16.5. The molecule has 7 heteroatoms. The van der Waals surface area contributed by atoms with E-state index >= 15 is 0 Å². The third kappa shape index (κ3) is 5.21. The van der Waals surface area contributed by atoms with Crippen LogP contribution in [0.1, 0.15) is 73.6 Å². The molecule has 0 saturated heterocycles. The van der Waals surface area contributed by atoms with Crippen molar-refractivity contribution < 1.29 is 13.6 Å². The van der Waals surface area contributed by atoms with Crippen LogP contribution in [-0.4, -0.2) is 34.7 Å². The third-order valence-corrected chi connectivity index (χ3v) is 6.83. The van der Waals surface area contributed by atoms with Crippen LogP contribution in [0.3, 0.4) is 0 Å². The molecule has 0 unspecified atom stereocenters. The molecule has 0 fully saturated rings. The van der Waals surface area contributed by atoms with Crippen LogP contribution in [0.4, 0.5) is 0 Å². The van der Waals surface area contributed by atoms with Crippen molar-refractivity contribution in [1.82, 2.24) is 9.30 Å². The van der Waals surface area contributed by atoms with Gasteiger partial charge in [-0.1, -0.05) is 39.3 Å². The van der Waals surface area contributed by atoms with E-state index in [4.69, 9.17) is 8.83 Å². The van der Waals surface area contributed by atoms with E-state index in [-0.39, 0.29) is 22.5 Å². The SMILES string of the molecule is CCCCc1cc2ccccn2c1C(=O)c1ccc(CCCCN(CC)CC)c2oc(=O)c(=O)oc12. The summed E-state index contributed by atoms with van der Waals surface area (Å²) in [5.41, 5.74) is 1.45. The number of ketones is 1. The number of hydrogen-bond acceptors (Lipinski definition) is 6. The van der Waals surface area contributed by atoms with Crippen molar-refractivity contribution in [1.29, 1.82) is 0 Å². The summed E-state index contributed by atoms with van der Waals surface area (Å²) in [5.74, 6) is -0.262.